The number of rotatable bonds is 9. The van der Waals surface area contributed by atoms with E-state index in [1.807, 2.05) is 25.7 Å². The van der Waals surface area contributed by atoms with Crippen LogP contribution < -0.4 is 5.32 Å². The molecule has 0 fully saturated rings. The number of amides is 1. The van der Waals surface area contributed by atoms with E-state index in [0.29, 0.717) is 6.54 Å². The fourth-order valence-corrected chi connectivity index (χ4v) is 1.68. The van der Waals surface area contributed by atoms with E-state index in [1.165, 1.54) is 0 Å². The van der Waals surface area contributed by atoms with Crippen molar-refractivity contribution in [3.8, 4) is 0 Å². The van der Waals surface area contributed by atoms with Crippen molar-refractivity contribution >= 4 is 5.91 Å². The van der Waals surface area contributed by atoms with Gasteiger partial charge in [-0.15, -0.1) is 0 Å². The lowest BCUT2D eigenvalue weighted by Crippen LogP contribution is -2.52. The summed E-state index contributed by atoms with van der Waals surface area (Å²) >= 11 is 0. The Bertz CT molecular complexity index is 242. The van der Waals surface area contributed by atoms with E-state index in [4.69, 9.17) is 5.11 Å². The van der Waals surface area contributed by atoms with Gasteiger partial charge in [-0.1, -0.05) is 20.3 Å². The van der Waals surface area contributed by atoms with E-state index < -0.39 is 0 Å². The number of carbonyl (C=O) groups excluding carboxylic acids is 1. The molecule has 0 aromatic rings. The first kappa shape index (κ1) is 17.4. The van der Waals surface area contributed by atoms with Gasteiger partial charge in [-0.3, -0.25) is 9.69 Å². The van der Waals surface area contributed by atoms with Crippen LogP contribution in [0.5, 0.6) is 0 Å². The van der Waals surface area contributed by atoms with Crippen LogP contribution in [-0.4, -0.2) is 47.2 Å². The predicted molar refractivity (Wildman–Crippen MR) is 75.5 cm³/mol. The van der Waals surface area contributed by atoms with Gasteiger partial charge in [0.2, 0.25) is 5.91 Å². The van der Waals surface area contributed by atoms with Crippen molar-refractivity contribution in [3.05, 3.63) is 0 Å². The molecule has 1 atom stereocenters. The van der Waals surface area contributed by atoms with Gasteiger partial charge in [-0.05, 0) is 40.2 Å². The molecule has 0 aliphatic rings. The Morgan fingerprint density at radius 3 is 2.39 bits per heavy atom. The third kappa shape index (κ3) is 6.36. The van der Waals surface area contributed by atoms with Crippen LogP contribution in [0.15, 0.2) is 0 Å². The molecule has 0 aliphatic heterocycles. The van der Waals surface area contributed by atoms with E-state index >= 15 is 0 Å². The number of carbonyl (C=O) groups is 1. The molecule has 0 spiro atoms. The summed E-state index contributed by atoms with van der Waals surface area (Å²) < 4.78 is 0. The van der Waals surface area contributed by atoms with Crippen molar-refractivity contribution < 1.29 is 9.90 Å². The number of aliphatic hydroxyl groups is 1. The van der Waals surface area contributed by atoms with Crippen LogP contribution in [0.2, 0.25) is 0 Å². The molecule has 4 heteroatoms. The molecule has 0 rings (SSSR count). The zero-order chi connectivity index (χ0) is 14.2. The van der Waals surface area contributed by atoms with Gasteiger partial charge in [-0.2, -0.15) is 0 Å². The molecule has 108 valence electrons. The van der Waals surface area contributed by atoms with Gasteiger partial charge in [-0.25, -0.2) is 0 Å². The van der Waals surface area contributed by atoms with Gasteiger partial charge >= 0.3 is 0 Å². The van der Waals surface area contributed by atoms with Gasteiger partial charge in [0.15, 0.2) is 0 Å². The van der Waals surface area contributed by atoms with E-state index in [9.17, 15) is 4.79 Å². The highest BCUT2D eigenvalue weighted by atomic mass is 16.3. The monoisotopic (exact) mass is 258 g/mol. The Kier molecular flexibility index (Phi) is 8.20. The molecule has 0 radical (unpaired) electrons. The summed E-state index contributed by atoms with van der Waals surface area (Å²) in [5.41, 5.74) is -0.166. The highest BCUT2D eigenvalue weighted by Gasteiger charge is 2.25. The molecule has 0 aromatic carbocycles. The van der Waals surface area contributed by atoms with Crippen molar-refractivity contribution in [2.24, 2.45) is 0 Å². The highest BCUT2D eigenvalue weighted by Crippen LogP contribution is 2.09. The average Bonchev–Trinajstić information content (AvgIpc) is 2.33. The maximum Gasteiger partial charge on any atom is 0.237 e. The molecule has 2 N–H and O–H groups in total. The largest absolute Gasteiger partial charge is 0.395 e. The minimum Gasteiger partial charge on any atom is -0.395 e. The normalized spacial score (nSPS) is 13.7. The standard InChI is InChI=1S/C14H30N2O2/c1-6-8-9-16(10-11-17)12(3)13(18)15-14(4,5)7-2/h12,17H,6-11H2,1-5H3,(H,15,18). The van der Waals surface area contributed by atoms with Crippen LogP contribution in [0.25, 0.3) is 0 Å². The Balaban J connectivity index is 4.45. The van der Waals surface area contributed by atoms with E-state index in [1.54, 1.807) is 0 Å². The Hall–Kier alpha value is -0.610. The van der Waals surface area contributed by atoms with Gasteiger partial charge in [0.05, 0.1) is 12.6 Å². The van der Waals surface area contributed by atoms with Gasteiger partial charge in [0.1, 0.15) is 0 Å². The molecule has 1 unspecified atom stereocenters. The van der Waals surface area contributed by atoms with E-state index in [2.05, 4.69) is 19.2 Å². The van der Waals surface area contributed by atoms with Crippen LogP contribution in [0, 0.1) is 0 Å². The Labute approximate surface area is 112 Å². The van der Waals surface area contributed by atoms with Crippen LogP contribution in [-0.2, 0) is 4.79 Å². The fourth-order valence-electron chi connectivity index (χ4n) is 1.68. The third-order valence-corrected chi connectivity index (χ3v) is 3.46. The minimum absolute atomic E-state index is 0.0476. The summed E-state index contributed by atoms with van der Waals surface area (Å²) in [4.78, 5) is 14.2. The molecule has 4 nitrogen and oxygen atoms in total. The summed E-state index contributed by atoms with van der Waals surface area (Å²) in [6.07, 6.45) is 3.05. The molecule has 0 aliphatic carbocycles. The molecule has 18 heavy (non-hydrogen) atoms. The molecular weight excluding hydrogens is 228 g/mol. The molecule has 0 heterocycles. The zero-order valence-corrected chi connectivity index (χ0v) is 12.6. The number of nitrogens with one attached hydrogen (secondary N) is 1. The molecule has 0 saturated carbocycles. The fraction of sp³-hybridized carbons (Fsp3) is 0.929. The van der Waals surface area contributed by atoms with Crippen LogP contribution >= 0.6 is 0 Å². The third-order valence-electron chi connectivity index (χ3n) is 3.46. The lowest BCUT2D eigenvalue weighted by molar-refractivity contribution is -0.127. The van der Waals surface area contributed by atoms with E-state index in [-0.39, 0.29) is 24.1 Å². The van der Waals surface area contributed by atoms with Crippen molar-refractivity contribution in [1.82, 2.24) is 10.2 Å². The number of hydrogen-bond acceptors (Lipinski definition) is 3. The molecular formula is C14H30N2O2. The number of nitrogens with zero attached hydrogens (tertiary/aromatic N) is 1. The van der Waals surface area contributed by atoms with Crippen molar-refractivity contribution in [3.63, 3.8) is 0 Å². The summed E-state index contributed by atoms with van der Waals surface area (Å²) in [6, 6.07) is -0.186. The smallest absolute Gasteiger partial charge is 0.237 e. The highest BCUT2D eigenvalue weighted by molar-refractivity contribution is 5.82. The second kappa shape index (κ2) is 8.48. The van der Waals surface area contributed by atoms with Crippen LogP contribution in [0.3, 0.4) is 0 Å². The van der Waals surface area contributed by atoms with Crippen LogP contribution in [0.1, 0.15) is 53.9 Å². The van der Waals surface area contributed by atoms with Gasteiger partial charge in [0.25, 0.3) is 0 Å². The molecule has 0 bridgehead atoms. The lowest BCUT2D eigenvalue weighted by atomic mass is 10.0. The summed E-state index contributed by atoms with van der Waals surface area (Å²) in [5, 5.41) is 12.1. The summed E-state index contributed by atoms with van der Waals surface area (Å²) in [5.74, 6) is 0.0476. The van der Waals surface area contributed by atoms with Crippen molar-refractivity contribution in [1.29, 1.82) is 0 Å². The Morgan fingerprint density at radius 2 is 1.94 bits per heavy atom. The maximum atomic E-state index is 12.2. The molecule has 0 saturated heterocycles. The predicted octanol–water partition coefficient (Wildman–Crippen LogP) is 1.77. The average molecular weight is 258 g/mol. The minimum atomic E-state index is -0.186. The van der Waals surface area contributed by atoms with Crippen molar-refractivity contribution in [2.75, 3.05) is 19.7 Å². The summed E-state index contributed by atoms with van der Waals surface area (Å²) in [6.45, 7) is 11.7. The number of hydrogen-bond donors (Lipinski definition) is 2. The number of unbranched alkanes of at least 4 members (excludes halogenated alkanes) is 1. The van der Waals surface area contributed by atoms with Gasteiger partial charge < -0.3 is 10.4 Å². The maximum absolute atomic E-state index is 12.2. The molecule has 1 amide bonds. The SMILES string of the molecule is CCCCN(CCO)C(C)C(=O)NC(C)(C)CC. The lowest BCUT2D eigenvalue weighted by Gasteiger charge is -2.32. The second-order valence-electron chi connectivity index (χ2n) is 5.52. The summed E-state index contributed by atoms with van der Waals surface area (Å²) in [7, 11) is 0. The first-order chi connectivity index (χ1) is 8.37. The van der Waals surface area contributed by atoms with Gasteiger partial charge in [0, 0.05) is 12.1 Å². The first-order valence-electron chi connectivity index (χ1n) is 7.04. The van der Waals surface area contributed by atoms with E-state index in [0.717, 1.165) is 25.8 Å². The van der Waals surface area contributed by atoms with Crippen molar-refractivity contribution in [2.45, 2.75) is 65.5 Å². The molecule has 0 aromatic heterocycles. The second-order valence-corrected chi connectivity index (χ2v) is 5.52. The first-order valence-corrected chi connectivity index (χ1v) is 7.04. The van der Waals surface area contributed by atoms with Crippen LogP contribution in [0.4, 0.5) is 0 Å². The topological polar surface area (TPSA) is 52.6 Å². The number of aliphatic hydroxyl groups excluding tert-OH is 1. The zero-order valence-electron chi connectivity index (χ0n) is 12.6. The Morgan fingerprint density at radius 1 is 1.33 bits per heavy atom. The quantitative estimate of drug-likeness (QED) is 0.663.